The van der Waals surface area contributed by atoms with Crippen molar-refractivity contribution in [3.8, 4) is 0 Å². The summed E-state index contributed by atoms with van der Waals surface area (Å²) in [6.07, 6.45) is -4.58. The van der Waals surface area contributed by atoms with Crippen molar-refractivity contribution in [2.75, 3.05) is 18.1 Å². The van der Waals surface area contributed by atoms with Crippen LogP contribution in [0.5, 0.6) is 0 Å². The quantitative estimate of drug-likeness (QED) is 0.718. The normalized spacial score (nSPS) is 13.3. The van der Waals surface area contributed by atoms with Crippen LogP contribution in [0.4, 0.5) is 13.2 Å². The van der Waals surface area contributed by atoms with Gasteiger partial charge in [-0.2, -0.15) is 13.2 Å². The monoisotopic (exact) mass is 205 g/mol. The molecule has 74 valence electrons. The van der Waals surface area contributed by atoms with Crippen molar-refractivity contribution in [3.05, 3.63) is 0 Å². The lowest BCUT2D eigenvalue weighted by Gasteiger charge is -2.06. The van der Waals surface area contributed by atoms with Crippen LogP contribution in [-0.2, 0) is 9.84 Å². The van der Waals surface area contributed by atoms with Crippen LogP contribution < -0.4 is 5.73 Å². The second-order valence-corrected chi connectivity index (χ2v) is 4.53. The predicted octanol–water partition coefficient (Wildman–Crippen LogP) is 0.312. The van der Waals surface area contributed by atoms with Crippen molar-refractivity contribution in [1.82, 2.24) is 0 Å². The lowest BCUT2D eigenvalue weighted by Crippen LogP contribution is -2.25. The highest BCUT2D eigenvalue weighted by Gasteiger charge is 2.34. The molecular weight excluding hydrogens is 195 g/mol. The number of rotatable bonds is 4. The number of nitrogens with two attached hydrogens (primary N) is 1. The Morgan fingerprint density at radius 3 is 2.08 bits per heavy atom. The van der Waals surface area contributed by atoms with E-state index in [1.807, 2.05) is 0 Å². The van der Waals surface area contributed by atoms with Crippen molar-refractivity contribution in [2.45, 2.75) is 12.6 Å². The molecule has 7 heteroatoms. The SMILES string of the molecule is NCCCS(=O)(=O)CC(F)(F)F. The lowest BCUT2D eigenvalue weighted by atomic mass is 10.5. The number of hydrogen-bond acceptors (Lipinski definition) is 3. The molecule has 0 aliphatic rings. The minimum atomic E-state index is -4.65. The molecular formula is C5H10F3NO2S. The minimum Gasteiger partial charge on any atom is -0.330 e. The van der Waals surface area contributed by atoms with Crippen molar-refractivity contribution >= 4 is 9.84 Å². The number of halogens is 3. The van der Waals surface area contributed by atoms with Gasteiger partial charge in [-0.05, 0) is 13.0 Å². The second kappa shape index (κ2) is 4.08. The summed E-state index contributed by atoms with van der Waals surface area (Å²) in [5.74, 6) is -2.25. The van der Waals surface area contributed by atoms with Gasteiger partial charge in [-0.25, -0.2) is 8.42 Å². The van der Waals surface area contributed by atoms with Gasteiger partial charge in [-0.1, -0.05) is 0 Å². The first-order valence-electron chi connectivity index (χ1n) is 3.24. The molecule has 0 bridgehead atoms. The Kier molecular flexibility index (Phi) is 3.98. The van der Waals surface area contributed by atoms with E-state index < -0.39 is 27.5 Å². The summed E-state index contributed by atoms with van der Waals surface area (Å²) in [5.41, 5.74) is 4.95. The molecule has 3 nitrogen and oxygen atoms in total. The zero-order valence-corrected chi connectivity index (χ0v) is 7.08. The van der Waals surface area contributed by atoms with Crippen molar-refractivity contribution in [3.63, 3.8) is 0 Å². The van der Waals surface area contributed by atoms with Crippen LogP contribution >= 0.6 is 0 Å². The largest absolute Gasteiger partial charge is 0.402 e. The Morgan fingerprint density at radius 1 is 1.25 bits per heavy atom. The van der Waals surface area contributed by atoms with E-state index in [9.17, 15) is 21.6 Å². The highest BCUT2D eigenvalue weighted by Crippen LogP contribution is 2.17. The standard InChI is InChI=1S/C5H10F3NO2S/c6-5(7,8)4-12(10,11)3-1-2-9/h1-4,9H2. The van der Waals surface area contributed by atoms with Crippen LogP contribution in [0.3, 0.4) is 0 Å². The third-order valence-electron chi connectivity index (χ3n) is 1.04. The van der Waals surface area contributed by atoms with Gasteiger partial charge in [0, 0.05) is 0 Å². The second-order valence-electron chi connectivity index (χ2n) is 2.35. The minimum absolute atomic E-state index is 0.0679. The average Bonchev–Trinajstić information content (AvgIpc) is 1.78. The maximum absolute atomic E-state index is 11.6. The molecule has 0 heterocycles. The fourth-order valence-electron chi connectivity index (χ4n) is 0.625. The summed E-state index contributed by atoms with van der Waals surface area (Å²) in [7, 11) is -4.01. The number of hydrogen-bond donors (Lipinski definition) is 1. The van der Waals surface area contributed by atoms with Crippen LogP contribution in [0, 0.1) is 0 Å². The van der Waals surface area contributed by atoms with Crippen molar-refractivity contribution < 1.29 is 21.6 Å². The fraction of sp³-hybridized carbons (Fsp3) is 1.00. The predicted molar refractivity (Wildman–Crippen MR) is 38.4 cm³/mol. The third-order valence-corrected chi connectivity index (χ3v) is 2.72. The third kappa shape index (κ3) is 6.41. The summed E-state index contributed by atoms with van der Waals surface area (Å²) in [6.45, 7) is 0.0804. The molecule has 0 radical (unpaired) electrons. The maximum atomic E-state index is 11.6. The molecule has 0 rings (SSSR count). The number of sulfone groups is 1. The highest BCUT2D eigenvalue weighted by molar-refractivity contribution is 7.91. The molecule has 0 saturated heterocycles. The van der Waals surface area contributed by atoms with Gasteiger partial charge in [-0.15, -0.1) is 0 Å². The van der Waals surface area contributed by atoms with E-state index in [0.29, 0.717) is 0 Å². The van der Waals surface area contributed by atoms with E-state index >= 15 is 0 Å². The Morgan fingerprint density at radius 2 is 1.75 bits per heavy atom. The van der Waals surface area contributed by atoms with Gasteiger partial charge in [0.1, 0.15) is 5.75 Å². The first-order valence-corrected chi connectivity index (χ1v) is 5.06. The van der Waals surface area contributed by atoms with Gasteiger partial charge in [0.15, 0.2) is 9.84 Å². The van der Waals surface area contributed by atoms with Crippen LogP contribution in [0.15, 0.2) is 0 Å². The fourth-order valence-corrected chi connectivity index (χ4v) is 1.87. The lowest BCUT2D eigenvalue weighted by molar-refractivity contribution is -0.106. The Hall–Kier alpha value is -0.300. The van der Waals surface area contributed by atoms with E-state index in [1.54, 1.807) is 0 Å². The van der Waals surface area contributed by atoms with Gasteiger partial charge < -0.3 is 5.73 Å². The topological polar surface area (TPSA) is 60.2 Å². The van der Waals surface area contributed by atoms with Gasteiger partial charge >= 0.3 is 6.18 Å². The molecule has 0 aromatic heterocycles. The van der Waals surface area contributed by atoms with E-state index in [0.717, 1.165) is 0 Å². The average molecular weight is 205 g/mol. The van der Waals surface area contributed by atoms with Gasteiger partial charge in [-0.3, -0.25) is 0 Å². The molecule has 2 N–H and O–H groups in total. The van der Waals surface area contributed by atoms with E-state index in [2.05, 4.69) is 0 Å². The molecule has 0 aliphatic heterocycles. The Balaban J connectivity index is 4.06. The highest BCUT2D eigenvalue weighted by atomic mass is 32.2. The zero-order chi connectivity index (χ0) is 9.83. The first kappa shape index (κ1) is 11.7. The molecule has 0 unspecified atom stereocenters. The van der Waals surface area contributed by atoms with Crippen LogP contribution in [-0.4, -0.2) is 32.6 Å². The molecule has 0 fully saturated rings. The molecule has 12 heavy (non-hydrogen) atoms. The van der Waals surface area contributed by atoms with Gasteiger partial charge in [0.2, 0.25) is 0 Å². The van der Waals surface area contributed by atoms with E-state index in [1.165, 1.54) is 0 Å². The summed E-state index contributed by atoms with van der Waals surface area (Å²) >= 11 is 0. The summed E-state index contributed by atoms with van der Waals surface area (Å²) in [4.78, 5) is 0. The Bertz CT molecular complexity index is 221. The molecule has 0 aliphatic carbocycles. The van der Waals surface area contributed by atoms with Crippen molar-refractivity contribution in [2.24, 2.45) is 5.73 Å². The molecule has 0 aromatic rings. The molecule has 0 aromatic carbocycles. The van der Waals surface area contributed by atoms with E-state index in [4.69, 9.17) is 5.73 Å². The summed E-state index contributed by atoms with van der Waals surface area (Å²) in [6, 6.07) is 0. The maximum Gasteiger partial charge on any atom is 0.402 e. The Labute approximate surface area is 68.7 Å². The summed E-state index contributed by atoms with van der Waals surface area (Å²) < 4.78 is 56.0. The van der Waals surface area contributed by atoms with Crippen LogP contribution in [0.2, 0.25) is 0 Å². The van der Waals surface area contributed by atoms with Gasteiger partial charge in [0.05, 0.1) is 5.75 Å². The smallest absolute Gasteiger partial charge is 0.330 e. The molecule has 0 saturated carbocycles. The summed E-state index contributed by atoms with van der Waals surface area (Å²) in [5, 5.41) is 0. The first-order chi connectivity index (χ1) is 5.27. The van der Waals surface area contributed by atoms with Crippen LogP contribution in [0.25, 0.3) is 0 Å². The molecule has 0 atom stereocenters. The molecule has 0 spiro atoms. The van der Waals surface area contributed by atoms with Gasteiger partial charge in [0.25, 0.3) is 0 Å². The number of alkyl halides is 3. The zero-order valence-electron chi connectivity index (χ0n) is 6.26. The van der Waals surface area contributed by atoms with Crippen LogP contribution in [0.1, 0.15) is 6.42 Å². The molecule has 0 amide bonds. The van der Waals surface area contributed by atoms with E-state index in [-0.39, 0.29) is 13.0 Å². The van der Waals surface area contributed by atoms with Crippen molar-refractivity contribution in [1.29, 1.82) is 0 Å².